The minimum atomic E-state index is -0.205. The Hall–Kier alpha value is -1.61. The van der Waals surface area contributed by atoms with Crippen molar-refractivity contribution in [1.82, 2.24) is 5.01 Å². The van der Waals surface area contributed by atoms with Crippen molar-refractivity contribution in [2.75, 3.05) is 18.5 Å². The van der Waals surface area contributed by atoms with Crippen LogP contribution in [0.4, 0.5) is 10.1 Å². The van der Waals surface area contributed by atoms with Crippen molar-refractivity contribution in [3.63, 3.8) is 0 Å². The number of hydrogen-bond donors (Lipinski definition) is 1. The second-order valence-electron chi connectivity index (χ2n) is 5.89. The van der Waals surface area contributed by atoms with Crippen molar-refractivity contribution in [2.45, 2.75) is 25.7 Å². The molecule has 1 aliphatic heterocycles. The summed E-state index contributed by atoms with van der Waals surface area (Å²) in [6, 6.07) is 5.16. The Balaban J connectivity index is 1.71. The van der Waals surface area contributed by atoms with Gasteiger partial charge in [-0.1, -0.05) is 24.8 Å². The fourth-order valence-electron chi connectivity index (χ4n) is 2.91. The van der Waals surface area contributed by atoms with E-state index in [1.807, 2.05) is 6.07 Å². The first-order valence-corrected chi connectivity index (χ1v) is 7.32. The predicted molar refractivity (Wildman–Crippen MR) is 81.7 cm³/mol. The molecule has 2 fully saturated rings. The molecule has 1 N–H and O–H groups in total. The van der Waals surface area contributed by atoms with Crippen molar-refractivity contribution < 1.29 is 4.39 Å². The van der Waals surface area contributed by atoms with Gasteiger partial charge >= 0.3 is 0 Å². The minimum Gasteiger partial charge on any atom is -0.318 e. The van der Waals surface area contributed by atoms with E-state index in [9.17, 15) is 4.39 Å². The van der Waals surface area contributed by atoms with Gasteiger partial charge in [-0.15, -0.1) is 0 Å². The van der Waals surface area contributed by atoms with Crippen LogP contribution in [0.1, 0.15) is 31.2 Å². The summed E-state index contributed by atoms with van der Waals surface area (Å²) in [6.45, 7) is 5.72. The van der Waals surface area contributed by atoms with Gasteiger partial charge < -0.3 is 5.43 Å². The number of allylic oxidation sites excluding steroid dienone is 2. The van der Waals surface area contributed by atoms with Crippen LogP contribution in [0, 0.1) is 11.2 Å². The zero-order valence-electron chi connectivity index (χ0n) is 11.7. The van der Waals surface area contributed by atoms with Crippen LogP contribution in [0.2, 0.25) is 0 Å². The molecule has 20 heavy (non-hydrogen) atoms. The Morgan fingerprint density at radius 3 is 2.60 bits per heavy atom. The third-order valence-corrected chi connectivity index (χ3v) is 4.51. The molecule has 0 bridgehead atoms. The maximum absolute atomic E-state index is 13.9. The Bertz CT molecular complexity index is 522. The molecule has 0 unspecified atom stereocenters. The number of nitrogens with zero attached hydrogens (tertiary/aromatic N) is 1. The summed E-state index contributed by atoms with van der Waals surface area (Å²) in [5.41, 5.74) is 5.46. The van der Waals surface area contributed by atoms with Crippen LogP contribution in [0.5, 0.6) is 0 Å². The standard InChI is InChI=1S/C17H21FN2/c1-2-3-5-14-15(18)6-4-7-16(14)19-20-12-10-17(8-9-17)11-13-20/h2-7,19H,1,8-13H2/b5-3+. The van der Waals surface area contributed by atoms with Gasteiger partial charge in [0.25, 0.3) is 0 Å². The maximum Gasteiger partial charge on any atom is 0.132 e. The van der Waals surface area contributed by atoms with Crippen LogP contribution < -0.4 is 5.43 Å². The van der Waals surface area contributed by atoms with E-state index in [4.69, 9.17) is 0 Å². The lowest BCUT2D eigenvalue weighted by Crippen LogP contribution is -2.38. The van der Waals surface area contributed by atoms with Gasteiger partial charge in [0.1, 0.15) is 5.82 Å². The number of hydrogen-bond acceptors (Lipinski definition) is 2. The van der Waals surface area contributed by atoms with Gasteiger partial charge in [0.2, 0.25) is 0 Å². The Morgan fingerprint density at radius 2 is 1.95 bits per heavy atom. The number of hydrazine groups is 1. The smallest absolute Gasteiger partial charge is 0.132 e. The number of benzene rings is 1. The van der Waals surface area contributed by atoms with Crippen LogP contribution in [-0.4, -0.2) is 18.1 Å². The van der Waals surface area contributed by atoms with E-state index in [0.717, 1.165) is 18.8 Å². The largest absolute Gasteiger partial charge is 0.318 e. The van der Waals surface area contributed by atoms with Gasteiger partial charge in [0.15, 0.2) is 0 Å². The van der Waals surface area contributed by atoms with Crippen LogP contribution in [0.25, 0.3) is 6.08 Å². The van der Waals surface area contributed by atoms with Gasteiger partial charge in [-0.3, -0.25) is 0 Å². The van der Waals surface area contributed by atoms with Crippen molar-refractivity contribution in [3.8, 4) is 0 Å². The first-order valence-electron chi connectivity index (χ1n) is 7.32. The lowest BCUT2D eigenvalue weighted by molar-refractivity contribution is 0.203. The van der Waals surface area contributed by atoms with Crippen molar-refractivity contribution in [2.24, 2.45) is 5.41 Å². The molecule has 1 spiro atoms. The molecule has 0 atom stereocenters. The quantitative estimate of drug-likeness (QED) is 0.825. The average Bonchev–Trinajstić information content (AvgIpc) is 3.21. The molecule has 1 aromatic rings. The van der Waals surface area contributed by atoms with Crippen LogP contribution in [-0.2, 0) is 0 Å². The van der Waals surface area contributed by atoms with Gasteiger partial charge in [0.05, 0.1) is 5.69 Å². The average molecular weight is 272 g/mol. The van der Waals surface area contributed by atoms with E-state index in [1.54, 1.807) is 24.3 Å². The summed E-state index contributed by atoms with van der Waals surface area (Å²) in [6.07, 6.45) is 10.5. The summed E-state index contributed by atoms with van der Waals surface area (Å²) in [7, 11) is 0. The molecule has 2 aliphatic rings. The number of piperidine rings is 1. The van der Waals surface area contributed by atoms with E-state index in [-0.39, 0.29) is 5.82 Å². The van der Waals surface area contributed by atoms with Crippen molar-refractivity contribution in [3.05, 3.63) is 48.3 Å². The topological polar surface area (TPSA) is 15.3 Å². The molecule has 1 heterocycles. The summed E-state index contributed by atoms with van der Waals surface area (Å²) >= 11 is 0. The van der Waals surface area contributed by atoms with Gasteiger partial charge in [-0.2, -0.15) is 0 Å². The molecule has 1 aromatic carbocycles. The van der Waals surface area contributed by atoms with Crippen LogP contribution >= 0.6 is 0 Å². The molecule has 3 rings (SSSR count). The van der Waals surface area contributed by atoms with Gasteiger partial charge in [-0.25, -0.2) is 9.40 Å². The molecule has 1 saturated heterocycles. The Kier molecular flexibility index (Phi) is 3.62. The maximum atomic E-state index is 13.9. The van der Waals surface area contributed by atoms with E-state index < -0.39 is 0 Å². The summed E-state index contributed by atoms with van der Waals surface area (Å²) in [4.78, 5) is 0. The van der Waals surface area contributed by atoms with Crippen molar-refractivity contribution >= 4 is 11.8 Å². The van der Waals surface area contributed by atoms with Crippen LogP contribution in [0.3, 0.4) is 0 Å². The second kappa shape index (κ2) is 5.41. The van der Waals surface area contributed by atoms with Gasteiger partial charge in [0, 0.05) is 18.7 Å². The first kappa shape index (κ1) is 13.4. The molecule has 0 aromatic heterocycles. The zero-order valence-corrected chi connectivity index (χ0v) is 11.7. The normalized spacial score (nSPS) is 21.2. The van der Waals surface area contributed by atoms with E-state index in [1.165, 1.54) is 31.7 Å². The fourth-order valence-corrected chi connectivity index (χ4v) is 2.91. The first-order chi connectivity index (χ1) is 9.72. The third-order valence-electron chi connectivity index (χ3n) is 4.51. The highest BCUT2D eigenvalue weighted by Gasteiger charge is 2.44. The summed E-state index contributed by atoms with van der Waals surface area (Å²) in [5.74, 6) is -0.205. The van der Waals surface area contributed by atoms with E-state index >= 15 is 0 Å². The Morgan fingerprint density at radius 1 is 1.20 bits per heavy atom. The molecular formula is C17H21FN2. The molecule has 0 amide bonds. The lowest BCUT2D eigenvalue weighted by atomic mass is 9.95. The summed E-state index contributed by atoms with van der Waals surface area (Å²) < 4.78 is 13.9. The molecule has 0 radical (unpaired) electrons. The Labute approximate surface area is 120 Å². The third kappa shape index (κ3) is 2.78. The molecule has 1 aliphatic carbocycles. The van der Waals surface area contributed by atoms with Gasteiger partial charge in [-0.05, 0) is 49.3 Å². The second-order valence-corrected chi connectivity index (χ2v) is 5.89. The van der Waals surface area contributed by atoms with Crippen molar-refractivity contribution in [1.29, 1.82) is 0 Å². The van der Waals surface area contributed by atoms with E-state index in [0.29, 0.717) is 11.0 Å². The highest BCUT2D eigenvalue weighted by atomic mass is 19.1. The molecule has 3 heteroatoms. The fraction of sp³-hybridized carbons (Fsp3) is 0.412. The van der Waals surface area contributed by atoms with Crippen LogP contribution in [0.15, 0.2) is 36.9 Å². The molecule has 106 valence electrons. The monoisotopic (exact) mass is 272 g/mol. The highest BCUT2D eigenvalue weighted by molar-refractivity contribution is 5.67. The molecular weight excluding hydrogens is 251 g/mol. The zero-order chi connectivity index (χ0) is 14.0. The number of rotatable bonds is 4. The highest BCUT2D eigenvalue weighted by Crippen LogP contribution is 2.53. The SMILES string of the molecule is C=C/C=C/c1c(F)cccc1NN1CCC2(CC1)CC2. The number of halogens is 1. The molecule has 2 nitrogen and oxygen atoms in total. The minimum absolute atomic E-state index is 0.205. The predicted octanol–water partition coefficient (Wildman–Crippen LogP) is 4.23. The lowest BCUT2D eigenvalue weighted by Gasteiger charge is -2.33. The summed E-state index contributed by atoms with van der Waals surface area (Å²) in [5, 5.41) is 2.21. The number of anilines is 1. The number of nitrogens with one attached hydrogen (secondary N) is 1. The molecule has 1 saturated carbocycles. The van der Waals surface area contributed by atoms with E-state index in [2.05, 4.69) is 17.0 Å².